The molecule has 0 aliphatic heterocycles. The summed E-state index contributed by atoms with van der Waals surface area (Å²) in [5, 5.41) is 9.66. The average Bonchev–Trinajstić information content (AvgIpc) is 2.47. The van der Waals surface area contributed by atoms with Crippen molar-refractivity contribution in [1.29, 1.82) is 0 Å². The van der Waals surface area contributed by atoms with E-state index < -0.39 is 22.0 Å². The minimum absolute atomic E-state index is 0.299. The van der Waals surface area contributed by atoms with Gasteiger partial charge in [0.05, 0.1) is 49.2 Å². The van der Waals surface area contributed by atoms with E-state index in [-0.39, 0.29) is 0 Å². The fraction of sp³-hybridized carbons (Fsp3) is 0.700. The van der Waals surface area contributed by atoms with Gasteiger partial charge in [0, 0.05) is 6.42 Å². The summed E-state index contributed by atoms with van der Waals surface area (Å²) in [7, 11) is -0.304. The maximum atomic E-state index is 10.7. The van der Waals surface area contributed by atoms with Crippen molar-refractivity contribution in [1.82, 2.24) is 0 Å². The molecule has 0 saturated carbocycles. The Bertz CT molecular complexity index is 612. The van der Waals surface area contributed by atoms with Crippen LogP contribution < -0.4 is 0 Å². The van der Waals surface area contributed by atoms with Crippen molar-refractivity contribution < 1.29 is 22.6 Å². The fourth-order valence-electron chi connectivity index (χ4n) is 2.41. The zero-order valence-electron chi connectivity index (χ0n) is 17.3. The molecule has 152 valence electrons. The zero-order valence-corrected chi connectivity index (χ0v) is 18.1. The second-order valence-electron chi connectivity index (χ2n) is 8.13. The molecule has 6 heteroatoms. The minimum Gasteiger partial charge on any atom is -0.748 e. The second kappa shape index (κ2) is 11.7. The summed E-state index contributed by atoms with van der Waals surface area (Å²) >= 11 is 0. The van der Waals surface area contributed by atoms with Crippen LogP contribution in [0.5, 0.6) is 0 Å². The maximum absolute atomic E-state index is 10.7. The molecule has 0 aliphatic carbocycles. The van der Waals surface area contributed by atoms with Gasteiger partial charge in [0.25, 0.3) is 0 Å². The van der Waals surface area contributed by atoms with Gasteiger partial charge < -0.3 is 14.1 Å². The molecule has 1 atom stereocenters. The van der Waals surface area contributed by atoms with Gasteiger partial charge in [0.1, 0.15) is 0 Å². The summed E-state index contributed by atoms with van der Waals surface area (Å²) in [6.07, 6.45) is 8.99. The first kappa shape index (κ1) is 25.1. The third-order valence-electron chi connectivity index (χ3n) is 4.26. The molecule has 0 bridgehead atoms. The standard InChI is InChI=1S/C20H37NO4S/c1-17(2)10-11-18(3)8-7-9-19(4)12-14-21(5,6)15-13-20(22)16-26(23,24)25/h8,10,12,20,22H,7,9,11,13-16H2,1-6H3/b18-8+,19-12+. The molecule has 0 aromatic heterocycles. The van der Waals surface area contributed by atoms with Gasteiger partial charge in [-0.3, -0.25) is 0 Å². The van der Waals surface area contributed by atoms with E-state index in [2.05, 4.69) is 45.9 Å². The summed E-state index contributed by atoms with van der Waals surface area (Å²) in [6, 6.07) is 0. The Morgan fingerprint density at radius 3 is 2.23 bits per heavy atom. The van der Waals surface area contributed by atoms with E-state index in [4.69, 9.17) is 0 Å². The first-order valence-electron chi connectivity index (χ1n) is 9.19. The SMILES string of the molecule is CC(C)=CC/C(C)=C/CC/C(C)=C/C[N+](C)(C)CCC(O)CS(=O)(=O)[O-]. The number of hydrogen-bond acceptors (Lipinski definition) is 4. The number of aliphatic hydroxyl groups excluding tert-OH is 1. The van der Waals surface area contributed by atoms with E-state index in [9.17, 15) is 18.1 Å². The van der Waals surface area contributed by atoms with Crippen LogP contribution in [0.1, 0.15) is 53.4 Å². The van der Waals surface area contributed by atoms with Crippen molar-refractivity contribution in [3.63, 3.8) is 0 Å². The lowest BCUT2D eigenvalue weighted by molar-refractivity contribution is -0.885. The van der Waals surface area contributed by atoms with Crippen molar-refractivity contribution in [2.24, 2.45) is 0 Å². The summed E-state index contributed by atoms with van der Waals surface area (Å²) in [4.78, 5) is 0. The van der Waals surface area contributed by atoms with E-state index in [1.54, 1.807) is 0 Å². The summed E-state index contributed by atoms with van der Waals surface area (Å²) in [6.45, 7) is 9.92. The Hall–Kier alpha value is -0.950. The molecular weight excluding hydrogens is 350 g/mol. The quantitative estimate of drug-likeness (QED) is 0.316. The number of nitrogens with zero attached hydrogens (tertiary/aromatic N) is 1. The topological polar surface area (TPSA) is 77.4 Å². The van der Waals surface area contributed by atoms with Gasteiger partial charge in [-0.05, 0) is 53.0 Å². The molecule has 0 radical (unpaired) electrons. The third kappa shape index (κ3) is 15.3. The number of allylic oxidation sites excluding steroid dienone is 5. The lowest BCUT2D eigenvalue weighted by Gasteiger charge is -2.30. The summed E-state index contributed by atoms with van der Waals surface area (Å²) in [5.74, 6) is -0.708. The van der Waals surface area contributed by atoms with Crippen molar-refractivity contribution in [3.05, 3.63) is 34.9 Å². The molecule has 0 fully saturated rings. The molecule has 26 heavy (non-hydrogen) atoms. The lowest BCUT2D eigenvalue weighted by Crippen LogP contribution is -2.42. The first-order chi connectivity index (χ1) is 11.8. The highest BCUT2D eigenvalue weighted by Gasteiger charge is 2.17. The monoisotopic (exact) mass is 387 g/mol. The molecular formula is C20H37NO4S. The Morgan fingerprint density at radius 2 is 1.69 bits per heavy atom. The van der Waals surface area contributed by atoms with Gasteiger partial charge in [-0.2, -0.15) is 0 Å². The molecule has 1 N–H and O–H groups in total. The summed E-state index contributed by atoms with van der Waals surface area (Å²) < 4.78 is 32.6. The van der Waals surface area contributed by atoms with Crippen molar-refractivity contribution in [3.8, 4) is 0 Å². The molecule has 5 nitrogen and oxygen atoms in total. The molecule has 0 saturated heterocycles. The Labute approximate surface area is 160 Å². The fourth-order valence-corrected chi connectivity index (χ4v) is 3.05. The molecule has 0 aromatic carbocycles. The number of hydrogen-bond donors (Lipinski definition) is 1. The van der Waals surface area contributed by atoms with Crippen LogP contribution in [0.3, 0.4) is 0 Å². The van der Waals surface area contributed by atoms with Crippen LogP contribution in [0.15, 0.2) is 34.9 Å². The van der Waals surface area contributed by atoms with Crippen LogP contribution in [0.2, 0.25) is 0 Å². The largest absolute Gasteiger partial charge is 0.748 e. The van der Waals surface area contributed by atoms with E-state index in [0.29, 0.717) is 17.4 Å². The van der Waals surface area contributed by atoms with Gasteiger partial charge >= 0.3 is 0 Å². The van der Waals surface area contributed by atoms with E-state index in [0.717, 1.165) is 25.8 Å². The Balaban J connectivity index is 4.32. The van der Waals surface area contributed by atoms with Crippen LogP contribution >= 0.6 is 0 Å². The molecule has 0 spiro atoms. The van der Waals surface area contributed by atoms with E-state index in [1.807, 2.05) is 14.1 Å². The van der Waals surface area contributed by atoms with Crippen molar-refractivity contribution in [2.75, 3.05) is 32.9 Å². The normalized spacial score (nSPS) is 15.1. The van der Waals surface area contributed by atoms with Crippen LogP contribution in [-0.4, -0.2) is 61.6 Å². The van der Waals surface area contributed by atoms with Crippen LogP contribution in [0.25, 0.3) is 0 Å². The molecule has 0 aliphatic rings. The van der Waals surface area contributed by atoms with Gasteiger partial charge in [-0.15, -0.1) is 0 Å². The lowest BCUT2D eigenvalue weighted by atomic mass is 10.1. The van der Waals surface area contributed by atoms with E-state index >= 15 is 0 Å². The van der Waals surface area contributed by atoms with Gasteiger partial charge in [-0.25, -0.2) is 8.42 Å². The Morgan fingerprint density at radius 1 is 1.08 bits per heavy atom. The average molecular weight is 388 g/mol. The molecule has 0 rings (SSSR count). The second-order valence-corrected chi connectivity index (χ2v) is 9.58. The smallest absolute Gasteiger partial charge is 0.0972 e. The van der Waals surface area contributed by atoms with Crippen molar-refractivity contribution in [2.45, 2.75) is 59.5 Å². The molecule has 0 amide bonds. The number of quaternary nitrogens is 1. The first-order valence-corrected chi connectivity index (χ1v) is 10.8. The highest BCUT2D eigenvalue weighted by atomic mass is 32.2. The Kier molecular flexibility index (Phi) is 11.3. The molecule has 1 unspecified atom stereocenters. The van der Waals surface area contributed by atoms with Crippen LogP contribution in [0, 0.1) is 0 Å². The molecule has 0 aromatic rings. The minimum atomic E-state index is -4.37. The predicted octanol–water partition coefficient (Wildman–Crippen LogP) is 3.39. The zero-order chi connectivity index (χ0) is 20.4. The van der Waals surface area contributed by atoms with Crippen LogP contribution in [0.4, 0.5) is 0 Å². The van der Waals surface area contributed by atoms with Crippen molar-refractivity contribution >= 4 is 10.1 Å². The number of likely N-dealkylation sites (N-methyl/N-ethyl adjacent to an activating group) is 1. The third-order valence-corrected chi connectivity index (χ3v) is 5.05. The molecule has 0 heterocycles. The van der Waals surface area contributed by atoms with Crippen LogP contribution in [-0.2, 0) is 10.1 Å². The maximum Gasteiger partial charge on any atom is 0.0972 e. The number of rotatable bonds is 12. The predicted molar refractivity (Wildman–Crippen MR) is 108 cm³/mol. The van der Waals surface area contributed by atoms with Gasteiger partial charge in [-0.1, -0.05) is 28.9 Å². The van der Waals surface area contributed by atoms with Gasteiger partial charge in [0.2, 0.25) is 0 Å². The number of aliphatic hydroxyl groups is 1. The van der Waals surface area contributed by atoms with Gasteiger partial charge in [0.15, 0.2) is 0 Å². The summed E-state index contributed by atoms with van der Waals surface area (Å²) in [5.41, 5.74) is 4.05. The highest BCUT2D eigenvalue weighted by Crippen LogP contribution is 2.12. The highest BCUT2D eigenvalue weighted by molar-refractivity contribution is 7.85. The van der Waals surface area contributed by atoms with E-state index in [1.165, 1.54) is 16.7 Å².